The average molecular weight is 273 g/mol. The Morgan fingerprint density at radius 3 is 2.95 bits per heavy atom. The molecule has 0 spiro atoms. The van der Waals surface area contributed by atoms with Crippen molar-refractivity contribution in [2.75, 3.05) is 0 Å². The lowest BCUT2D eigenvalue weighted by Gasteiger charge is -2.20. The summed E-state index contributed by atoms with van der Waals surface area (Å²) in [6.07, 6.45) is 6.60. The fraction of sp³-hybridized carbons (Fsp3) is 0.500. The number of fused-ring (bicyclic) bond motifs is 1. The molecule has 0 atom stereocenters. The zero-order chi connectivity index (χ0) is 13.9. The summed E-state index contributed by atoms with van der Waals surface area (Å²) >= 11 is 0. The van der Waals surface area contributed by atoms with Crippen LogP contribution in [0.3, 0.4) is 0 Å². The number of carbonyl (C=O) groups excluding carboxylic acids is 1. The van der Waals surface area contributed by atoms with Crippen LogP contribution in [0.15, 0.2) is 22.6 Å². The Kier molecular flexibility index (Phi) is 3.72. The Hall–Kier alpha value is -1.84. The van der Waals surface area contributed by atoms with Gasteiger partial charge >= 0.3 is 5.97 Å². The quantitative estimate of drug-likeness (QED) is 0.626. The average Bonchev–Trinajstić information content (AvgIpc) is 2.79. The summed E-state index contributed by atoms with van der Waals surface area (Å²) in [4.78, 5) is 16.2. The van der Waals surface area contributed by atoms with Crippen LogP contribution in [0.2, 0.25) is 0 Å². The number of rotatable bonds is 3. The van der Waals surface area contributed by atoms with Gasteiger partial charge in [-0.2, -0.15) is 0 Å². The van der Waals surface area contributed by atoms with E-state index < -0.39 is 0 Å². The molecule has 1 saturated carbocycles. The van der Waals surface area contributed by atoms with E-state index in [1.807, 2.05) is 0 Å². The molecule has 106 valence electrons. The Labute approximate surface area is 118 Å². The van der Waals surface area contributed by atoms with Gasteiger partial charge in [-0.15, -0.1) is 0 Å². The number of carbonyl (C=O) groups is 1. The van der Waals surface area contributed by atoms with Crippen LogP contribution in [-0.2, 0) is 4.79 Å². The normalized spacial score (nSPS) is 16.4. The molecular weight excluding hydrogens is 254 g/mol. The summed E-state index contributed by atoms with van der Waals surface area (Å²) in [5, 5.41) is 0. The highest BCUT2D eigenvalue weighted by atomic mass is 16.5. The van der Waals surface area contributed by atoms with Gasteiger partial charge in [-0.3, -0.25) is 4.79 Å². The molecule has 1 aromatic heterocycles. The van der Waals surface area contributed by atoms with Gasteiger partial charge in [0, 0.05) is 19.4 Å². The summed E-state index contributed by atoms with van der Waals surface area (Å²) in [7, 11) is 0. The molecule has 1 aliphatic rings. The second-order valence-electron chi connectivity index (χ2n) is 5.54. The summed E-state index contributed by atoms with van der Waals surface area (Å²) in [6, 6.07) is 5.30. The van der Waals surface area contributed by atoms with Gasteiger partial charge in [-0.25, -0.2) is 4.98 Å². The predicted molar refractivity (Wildman–Crippen MR) is 75.6 cm³/mol. The maximum atomic E-state index is 12.0. The number of aryl methyl sites for hydroxylation is 1. The fourth-order valence-corrected chi connectivity index (χ4v) is 2.89. The maximum absolute atomic E-state index is 12.0. The summed E-state index contributed by atoms with van der Waals surface area (Å²) in [5.41, 5.74) is 1.44. The Morgan fingerprint density at radius 2 is 2.15 bits per heavy atom. The van der Waals surface area contributed by atoms with Crippen molar-refractivity contribution >= 4 is 17.1 Å². The van der Waals surface area contributed by atoms with Crippen molar-refractivity contribution in [1.29, 1.82) is 0 Å². The lowest BCUT2D eigenvalue weighted by atomic mass is 9.87. The van der Waals surface area contributed by atoms with E-state index in [1.54, 1.807) is 25.1 Å². The van der Waals surface area contributed by atoms with Crippen LogP contribution in [-0.4, -0.2) is 11.0 Å². The van der Waals surface area contributed by atoms with E-state index in [2.05, 4.69) is 4.98 Å². The number of ether oxygens (including phenoxy) is 1. The number of hydrogen-bond donors (Lipinski definition) is 0. The van der Waals surface area contributed by atoms with Crippen molar-refractivity contribution < 1.29 is 13.9 Å². The van der Waals surface area contributed by atoms with Gasteiger partial charge in [0.25, 0.3) is 0 Å². The molecule has 0 unspecified atom stereocenters. The second kappa shape index (κ2) is 5.65. The van der Waals surface area contributed by atoms with Crippen LogP contribution in [0.1, 0.15) is 44.4 Å². The van der Waals surface area contributed by atoms with Crippen LogP contribution in [0.4, 0.5) is 0 Å². The standard InChI is InChI=1S/C16H19NO3/c1-11-17-14-10-13(7-8-15(14)19-11)20-16(18)9-12-5-3-2-4-6-12/h7-8,10,12H,2-6,9H2,1H3. The van der Waals surface area contributed by atoms with E-state index in [0.29, 0.717) is 24.0 Å². The lowest BCUT2D eigenvalue weighted by molar-refractivity contribution is -0.135. The van der Waals surface area contributed by atoms with Crippen molar-refractivity contribution in [3.8, 4) is 5.75 Å². The predicted octanol–water partition coefficient (Wildman–Crippen LogP) is 4.01. The number of benzene rings is 1. The van der Waals surface area contributed by atoms with E-state index in [1.165, 1.54) is 19.3 Å². The molecule has 0 amide bonds. The molecular formula is C16H19NO3. The fourth-order valence-electron chi connectivity index (χ4n) is 2.89. The van der Waals surface area contributed by atoms with Crippen molar-refractivity contribution in [1.82, 2.24) is 4.98 Å². The first-order valence-corrected chi connectivity index (χ1v) is 7.28. The van der Waals surface area contributed by atoms with Crippen LogP contribution < -0.4 is 4.74 Å². The molecule has 0 aliphatic heterocycles. The Balaban J connectivity index is 1.64. The molecule has 2 aromatic rings. The van der Waals surface area contributed by atoms with Crippen LogP contribution in [0.5, 0.6) is 5.75 Å². The van der Waals surface area contributed by atoms with Crippen molar-refractivity contribution in [2.45, 2.75) is 45.4 Å². The zero-order valence-corrected chi connectivity index (χ0v) is 11.7. The molecule has 1 fully saturated rings. The van der Waals surface area contributed by atoms with Crippen molar-refractivity contribution in [3.05, 3.63) is 24.1 Å². The monoisotopic (exact) mass is 273 g/mol. The molecule has 4 heteroatoms. The van der Waals surface area contributed by atoms with Crippen LogP contribution in [0, 0.1) is 12.8 Å². The number of nitrogens with zero attached hydrogens (tertiary/aromatic N) is 1. The number of esters is 1. The first kappa shape index (κ1) is 13.2. The third-order valence-electron chi connectivity index (χ3n) is 3.88. The Morgan fingerprint density at radius 1 is 1.35 bits per heavy atom. The van der Waals surface area contributed by atoms with Gasteiger partial charge in [-0.05, 0) is 30.9 Å². The second-order valence-corrected chi connectivity index (χ2v) is 5.54. The van der Waals surface area contributed by atoms with Crippen LogP contribution >= 0.6 is 0 Å². The molecule has 0 N–H and O–H groups in total. The van der Waals surface area contributed by atoms with Crippen LogP contribution in [0.25, 0.3) is 11.1 Å². The highest BCUT2D eigenvalue weighted by Crippen LogP contribution is 2.27. The van der Waals surface area contributed by atoms with Gasteiger partial charge in [-0.1, -0.05) is 19.3 Å². The topological polar surface area (TPSA) is 52.3 Å². The van der Waals surface area contributed by atoms with Gasteiger partial charge in [0.1, 0.15) is 11.3 Å². The van der Waals surface area contributed by atoms with E-state index in [4.69, 9.17) is 9.15 Å². The number of hydrogen-bond acceptors (Lipinski definition) is 4. The highest BCUT2D eigenvalue weighted by molar-refractivity contribution is 5.77. The minimum absolute atomic E-state index is 0.142. The maximum Gasteiger partial charge on any atom is 0.311 e. The molecule has 3 rings (SSSR count). The minimum atomic E-state index is -0.142. The van der Waals surface area contributed by atoms with Gasteiger partial charge in [0.15, 0.2) is 11.5 Å². The van der Waals surface area contributed by atoms with E-state index in [-0.39, 0.29) is 5.97 Å². The third-order valence-corrected chi connectivity index (χ3v) is 3.88. The molecule has 1 heterocycles. The molecule has 1 aromatic carbocycles. The molecule has 4 nitrogen and oxygen atoms in total. The van der Waals surface area contributed by atoms with Gasteiger partial charge in [0.05, 0.1) is 0 Å². The largest absolute Gasteiger partial charge is 0.441 e. The third kappa shape index (κ3) is 3.00. The Bertz CT molecular complexity index is 611. The molecule has 0 radical (unpaired) electrons. The summed E-state index contributed by atoms with van der Waals surface area (Å²) in [6.45, 7) is 1.80. The number of oxazole rings is 1. The van der Waals surface area contributed by atoms with Crippen molar-refractivity contribution in [2.24, 2.45) is 5.92 Å². The van der Waals surface area contributed by atoms with E-state index in [0.717, 1.165) is 23.9 Å². The van der Waals surface area contributed by atoms with E-state index in [9.17, 15) is 4.79 Å². The molecule has 1 aliphatic carbocycles. The highest BCUT2D eigenvalue weighted by Gasteiger charge is 2.18. The zero-order valence-electron chi connectivity index (χ0n) is 11.7. The number of aromatic nitrogens is 1. The minimum Gasteiger partial charge on any atom is -0.441 e. The molecule has 20 heavy (non-hydrogen) atoms. The summed E-state index contributed by atoms with van der Waals surface area (Å²) < 4.78 is 10.8. The van der Waals surface area contributed by atoms with Gasteiger partial charge < -0.3 is 9.15 Å². The SMILES string of the molecule is Cc1nc2cc(OC(=O)CC3CCCCC3)ccc2o1. The van der Waals surface area contributed by atoms with E-state index >= 15 is 0 Å². The first-order chi connectivity index (χ1) is 9.70. The summed E-state index contributed by atoms with van der Waals surface area (Å²) in [5.74, 6) is 1.52. The smallest absolute Gasteiger partial charge is 0.311 e. The first-order valence-electron chi connectivity index (χ1n) is 7.28. The molecule has 0 saturated heterocycles. The lowest BCUT2D eigenvalue weighted by Crippen LogP contribution is -2.16. The van der Waals surface area contributed by atoms with Crippen molar-refractivity contribution in [3.63, 3.8) is 0 Å². The van der Waals surface area contributed by atoms with Gasteiger partial charge in [0.2, 0.25) is 0 Å². The molecule has 0 bridgehead atoms.